The molecule has 2 aromatic rings. The third-order valence-corrected chi connectivity index (χ3v) is 3.38. The van der Waals surface area contributed by atoms with Crippen LogP contribution in [-0.2, 0) is 6.42 Å². The summed E-state index contributed by atoms with van der Waals surface area (Å²) in [6.45, 7) is 1.54. The molecule has 1 aliphatic carbocycles. The summed E-state index contributed by atoms with van der Waals surface area (Å²) >= 11 is 0. The van der Waals surface area contributed by atoms with Gasteiger partial charge in [-0.1, -0.05) is 36.4 Å². The second-order valence-corrected chi connectivity index (χ2v) is 4.57. The highest BCUT2D eigenvalue weighted by molar-refractivity contribution is 6.08. The Morgan fingerprint density at radius 3 is 2.44 bits per heavy atom. The van der Waals surface area contributed by atoms with Gasteiger partial charge in [0.1, 0.15) is 0 Å². The van der Waals surface area contributed by atoms with Crippen molar-refractivity contribution in [3.63, 3.8) is 0 Å². The normalized spacial score (nSPS) is 12.8. The molecule has 2 aromatic carbocycles. The summed E-state index contributed by atoms with van der Waals surface area (Å²) in [6.07, 6.45) is 0.382. The quantitative estimate of drug-likeness (QED) is 0.712. The minimum absolute atomic E-state index is 0.0316. The van der Waals surface area contributed by atoms with Crippen molar-refractivity contribution in [3.8, 4) is 11.1 Å². The molecule has 0 heterocycles. The van der Waals surface area contributed by atoms with Crippen molar-refractivity contribution in [1.82, 2.24) is 0 Å². The van der Waals surface area contributed by atoms with E-state index in [1.54, 1.807) is 6.92 Å². The van der Waals surface area contributed by atoms with Crippen molar-refractivity contribution in [1.29, 1.82) is 0 Å². The molecule has 0 aliphatic heterocycles. The van der Waals surface area contributed by atoms with Crippen LogP contribution in [-0.4, -0.2) is 11.6 Å². The SMILES string of the molecule is CC(=O)c1ccc2c(c1)CC(=O)c1ccccc1-2. The summed E-state index contributed by atoms with van der Waals surface area (Å²) in [7, 11) is 0. The van der Waals surface area contributed by atoms with Crippen LogP contribution in [0.25, 0.3) is 11.1 Å². The number of fused-ring (bicyclic) bond motifs is 3. The number of Topliss-reactive ketones (excluding diaryl/α,β-unsaturated/α-hetero) is 2. The third-order valence-electron chi connectivity index (χ3n) is 3.38. The molecule has 0 N–H and O–H groups in total. The molecule has 88 valence electrons. The number of hydrogen-bond acceptors (Lipinski definition) is 2. The Kier molecular flexibility index (Phi) is 2.37. The predicted octanol–water partition coefficient (Wildman–Crippen LogP) is 3.30. The van der Waals surface area contributed by atoms with Gasteiger partial charge in [0.15, 0.2) is 11.6 Å². The molecule has 0 unspecified atom stereocenters. The maximum absolute atomic E-state index is 12.0. The molecular weight excluding hydrogens is 224 g/mol. The van der Waals surface area contributed by atoms with Gasteiger partial charge < -0.3 is 0 Å². The number of carbonyl (C=O) groups is 2. The minimum atomic E-state index is 0.0316. The first kappa shape index (κ1) is 10.9. The van der Waals surface area contributed by atoms with E-state index in [9.17, 15) is 9.59 Å². The van der Waals surface area contributed by atoms with Crippen molar-refractivity contribution in [3.05, 3.63) is 59.2 Å². The summed E-state index contributed by atoms with van der Waals surface area (Å²) in [5, 5.41) is 0. The Morgan fingerprint density at radius 1 is 1.00 bits per heavy atom. The smallest absolute Gasteiger partial charge is 0.167 e. The molecule has 0 saturated carbocycles. The predicted molar refractivity (Wildman–Crippen MR) is 69.9 cm³/mol. The van der Waals surface area contributed by atoms with Gasteiger partial charge in [-0.25, -0.2) is 0 Å². The number of rotatable bonds is 1. The Morgan fingerprint density at radius 2 is 1.72 bits per heavy atom. The summed E-state index contributed by atoms with van der Waals surface area (Å²) in [6, 6.07) is 13.2. The van der Waals surface area contributed by atoms with Gasteiger partial charge in [0, 0.05) is 17.5 Å². The zero-order valence-corrected chi connectivity index (χ0v) is 10.1. The Hall–Kier alpha value is -2.22. The van der Waals surface area contributed by atoms with Gasteiger partial charge in [-0.3, -0.25) is 9.59 Å². The van der Waals surface area contributed by atoms with Crippen molar-refractivity contribution < 1.29 is 9.59 Å². The van der Waals surface area contributed by atoms with E-state index in [1.165, 1.54) is 0 Å². The van der Waals surface area contributed by atoms with Gasteiger partial charge >= 0.3 is 0 Å². The van der Waals surface area contributed by atoms with E-state index in [1.807, 2.05) is 42.5 Å². The van der Waals surface area contributed by atoms with Gasteiger partial charge in [-0.2, -0.15) is 0 Å². The van der Waals surface area contributed by atoms with E-state index in [2.05, 4.69) is 0 Å². The van der Waals surface area contributed by atoms with E-state index in [0.717, 1.165) is 22.3 Å². The van der Waals surface area contributed by atoms with Crippen molar-refractivity contribution >= 4 is 11.6 Å². The maximum Gasteiger partial charge on any atom is 0.167 e. The highest BCUT2D eigenvalue weighted by Crippen LogP contribution is 2.33. The van der Waals surface area contributed by atoms with E-state index in [-0.39, 0.29) is 11.6 Å². The standard InChI is InChI=1S/C16H12O2/c1-10(17)11-6-7-13-12(8-11)9-16(18)15-5-3-2-4-14(13)15/h2-8H,9H2,1H3. The van der Waals surface area contributed by atoms with Crippen LogP contribution in [0.15, 0.2) is 42.5 Å². The average molecular weight is 236 g/mol. The highest BCUT2D eigenvalue weighted by Gasteiger charge is 2.22. The molecule has 1 aliphatic rings. The second-order valence-electron chi connectivity index (χ2n) is 4.57. The Labute approximate surface area is 105 Å². The molecule has 0 spiro atoms. The van der Waals surface area contributed by atoms with E-state index < -0.39 is 0 Å². The lowest BCUT2D eigenvalue weighted by Crippen LogP contribution is -2.12. The lowest BCUT2D eigenvalue weighted by atomic mass is 9.84. The number of carbonyl (C=O) groups excluding carboxylic acids is 2. The van der Waals surface area contributed by atoms with Gasteiger partial charge in [-0.15, -0.1) is 0 Å². The molecule has 0 radical (unpaired) electrons. The Balaban J connectivity index is 2.24. The maximum atomic E-state index is 12.0. The fraction of sp³-hybridized carbons (Fsp3) is 0.125. The highest BCUT2D eigenvalue weighted by atomic mass is 16.1. The lowest BCUT2D eigenvalue weighted by Gasteiger charge is -2.19. The van der Waals surface area contributed by atoms with Crippen molar-refractivity contribution in [2.24, 2.45) is 0 Å². The largest absolute Gasteiger partial charge is 0.295 e. The average Bonchev–Trinajstić information content (AvgIpc) is 2.38. The molecule has 18 heavy (non-hydrogen) atoms. The molecule has 0 amide bonds. The zero-order chi connectivity index (χ0) is 12.7. The van der Waals surface area contributed by atoms with Crippen LogP contribution in [0.1, 0.15) is 33.2 Å². The number of ketones is 2. The molecule has 0 saturated heterocycles. The first-order valence-corrected chi connectivity index (χ1v) is 5.93. The van der Waals surface area contributed by atoms with Crippen LogP contribution in [0.2, 0.25) is 0 Å². The van der Waals surface area contributed by atoms with Crippen molar-refractivity contribution in [2.45, 2.75) is 13.3 Å². The summed E-state index contributed by atoms with van der Waals surface area (Å²) in [4.78, 5) is 23.4. The van der Waals surface area contributed by atoms with Crippen LogP contribution in [0.5, 0.6) is 0 Å². The molecule has 0 atom stereocenters. The third kappa shape index (κ3) is 1.58. The van der Waals surface area contributed by atoms with Crippen LogP contribution in [0.3, 0.4) is 0 Å². The monoisotopic (exact) mass is 236 g/mol. The molecule has 3 rings (SSSR count). The van der Waals surface area contributed by atoms with Gasteiger partial charge in [-0.05, 0) is 29.7 Å². The van der Waals surface area contributed by atoms with Crippen LogP contribution in [0.4, 0.5) is 0 Å². The summed E-state index contributed by atoms with van der Waals surface area (Å²) in [5.74, 6) is 0.155. The van der Waals surface area contributed by atoms with E-state index in [0.29, 0.717) is 12.0 Å². The van der Waals surface area contributed by atoms with Crippen LogP contribution in [0, 0.1) is 0 Å². The summed E-state index contributed by atoms with van der Waals surface area (Å²) < 4.78 is 0. The van der Waals surface area contributed by atoms with Gasteiger partial charge in [0.2, 0.25) is 0 Å². The first-order chi connectivity index (χ1) is 8.66. The van der Waals surface area contributed by atoms with Gasteiger partial charge in [0.25, 0.3) is 0 Å². The number of benzene rings is 2. The van der Waals surface area contributed by atoms with E-state index in [4.69, 9.17) is 0 Å². The van der Waals surface area contributed by atoms with Crippen LogP contribution >= 0.6 is 0 Å². The van der Waals surface area contributed by atoms with Gasteiger partial charge in [0.05, 0.1) is 0 Å². The molecule has 2 heteroatoms. The topological polar surface area (TPSA) is 34.1 Å². The zero-order valence-electron chi connectivity index (χ0n) is 10.1. The van der Waals surface area contributed by atoms with E-state index >= 15 is 0 Å². The Bertz CT molecular complexity index is 669. The second kappa shape index (κ2) is 3.91. The lowest BCUT2D eigenvalue weighted by molar-refractivity contribution is 0.0986. The molecule has 0 aromatic heterocycles. The molecule has 0 fully saturated rings. The first-order valence-electron chi connectivity index (χ1n) is 5.93. The minimum Gasteiger partial charge on any atom is -0.295 e. The van der Waals surface area contributed by atoms with Crippen molar-refractivity contribution in [2.75, 3.05) is 0 Å². The molecule has 2 nitrogen and oxygen atoms in total. The summed E-state index contributed by atoms with van der Waals surface area (Å²) in [5.41, 5.74) is 4.43. The number of hydrogen-bond donors (Lipinski definition) is 0. The fourth-order valence-corrected chi connectivity index (χ4v) is 2.45. The molecule has 0 bridgehead atoms. The fourth-order valence-electron chi connectivity index (χ4n) is 2.45. The molecular formula is C16H12O2. The van der Waals surface area contributed by atoms with Crippen LogP contribution < -0.4 is 0 Å².